The number of aliphatic carboxylic acids is 1. The van der Waals surface area contributed by atoms with Crippen LogP contribution in [0.2, 0.25) is 0 Å². The summed E-state index contributed by atoms with van der Waals surface area (Å²) in [5.74, 6) is -2.13. The number of ether oxygens (including phenoxy) is 1. The zero-order valence-corrected chi connectivity index (χ0v) is 18.1. The molecule has 3 rings (SSSR count). The Morgan fingerprint density at radius 1 is 1.00 bits per heavy atom. The van der Waals surface area contributed by atoms with Crippen LogP contribution in [-0.4, -0.2) is 53.5 Å². The predicted molar refractivity (Wildman–Crippen MR) is 118 cm³/mol. The Kier molecular flexibility index (Phi) is 7.48. The summed E-state index contributed by atoms with van der Waals surface area (Å²) in [6, 6.07) is 15.2. The highest BCUT2D eigenvalue weighted by molar-refractivity contribution is 5.86. The fourth-order valence-corrected chi connectivity index (χ4v) is 3.87. The number of alkyl carbamates (subject to hydrolysis) is 1. The van der Waals surface area contributed by atoms with Gasteiger partial charge >= 0.3 is 12.1 Å². The van der Waals surface area contributed by atoms with Crippen LogP contribution in [-0.2, 0) is 14.3 Å². The minimum Gasteiger partial charge on any atom is -0.479 e. The van der Waals surface area contributed by atoms with E-state index in [0.29, 0.717) is 0 Å². The number of rotatable bonds is 9. The molecule has 1 aliphatic carbocycles. The molecule has 0 saturated heterocycles. The molecule has 0 heterocycles. The lowest BCUT2D eigenvalue weighted by atomic mass is 9.98. The summed E-state index contributed by atoms with van der Waals surface area (Å²) in [7, 11) is 0. The summed E-state index contributed by atoms with van der Waals surface area (Å²) in [6.07, 6.45) is -2.38. The van der Waals surface area contributed by atoms with Crippen LogP contribution in [0.4, 0.5) is 4.79 Å². The average molecular weight is 440 g/mol. The van der Waals surface area contributed by atoms with Crippen molar-refractivity contribution in [3.63, 3.8) is 0 Å². The number of carbonyl (C=O) groups excluding carboxylic acids is 2. The van der Waals surface area contributed by atoms with Gasteiger partial charge in [0.15, 0.2) is 6.10 Å². The van der Waals surface area contributed by atoms with E-state index in [0.717, 1.165) is 22.3 Å². The third kappa shape index (κ3) is 5.26. The lowest BCUT2D eigenvalue weighted by molar-refractivity contribution is -0.147. The van der Waals surface area contributed by atoms with E-state index in [-0.39, 0.29) is 31.4 Å². The molecule has 0 fully saturated rings. The first-order valence-electron chi connectivity index (χ1n) is 10.6. The van der Waals surface area contributed by atoms with Crippen molar-refractivity contribution < 1.29 is 29.3 Å². The number of carboxylic acid groups (broad SMARTS) is 1. The van der Waals surface area contributed by atoms with Gasteiger partial charge in [0.25, 0.3) is 0 Å². The number of carbonyl (C=O) groups is 3. The SMILES string of the molecule is CC(C)C(NC(=O)OCC1c2ccccc2-c2ccccc21)C(=O)NCC[C@H](O)C(=O)O. The molecule has 0 saturated carbocycles. The van der Waals surface area contributed by atoms with Crippen molar-refractivity contribution in [2.75, 3.05) is 13.2 Å². The van der Waals surface area contributed by atoms with Crippen LogP contribution in [0.15, 0.2) is 48.5 Å². The van der Waals surface area contributed by atoms with Crippen molar-refractivity contribution in [2.45, 2.75) is 38.3 Å². The van der Waals surface area contributed by atoms with Crippen molar-refractivity contribution in [3.05, 3.63) is 59.7 Å². The molecular formula is C24H28N2O6. The molecule has 0 spiro atoms. The van der Waals surface area contributed by atoms with Gasteiger partial charge in [-0.2, -0.15) is 0 Å². The van der Waals surface area contributed by atoms with E-state index in [4.69, 9.17) is 9.84 Å². The topological polar surface area (TPSA) is 125 Å². The van der Waals surface area contributed by atoms with Gasteiger partial charge in [0.1, 0.15) is 12.6 Å². The number of benzene rings is 2. The molecular weight excluding hydrogens is 412 g/mol. The van der Waals surface area contributed by atoms with Crippen molar-refractivity contribution in [3.8, 4) is 11.1 Å². The maximum atomic E-state index is 12.5. The number of fused-ring (bicyclic) bond motifs is 3. The summed E-state index contributed by atoms with van der Waals surface area (Å²) < 4.78 is 5.50. The molecule has 2 atom stereocenters. The van der Waals surface area contributed by atoms with E-state index in [9.17, 15) is 19.5 Å². The smallest absolute Gasteiger partial charge is 0.407 e. The van der Waals surface area contributed by atoms with E-state index in [1.165, 1.54) is 0 Å². The normalized spacial score (nSPS) is 14.2. The van der Waals surface area contributed by atoms with Crippen LogP contribution >= 0.6 is 0 Å². The lowest BCUT2D eigenvalue weighted by Crippen LogP contribution is -2.50. The van der Waals surface area contributed by atoms with Crippen LogP contribution in [0.3, 0.4) is 0 Å². The van der Waals surface area contributed by atoms with E-state index >= 15 is 0 Å². The van der Waals surface area contributed by atoms with Crippen LogP contribution in [0.25, 0.3) is 11.1 Å². The molecule has 8 nitrogen and oxygen atoms in total. The molecule has 1 unspecified atom stereocenters. The van der Waals surface area contributed by atoms with Crippen molar-refractivity contribution in [2.24, 2.45) is 5.92 Å². The van der Waals surface area contributed by atoms with Gasteiger partial charge in [0.05, 0.1) is 0 Å². The average Bonchev–Trinajstić information content (AvgIpc) is 3.09. The van der Waals surface area contributed by atoms with Crippen LogP contribution in [0, 0.1) is 5.92 Å². The molecule has 0 bridgehead atoms. The highest BCUT2D eigenvalue weighted by Crippen LogP contribution is 2.44. The maximum Gasteiger partial charge on any atom is 0.407 e. The van der Waals surface area contributed by atoms with E-state index in [2.05, 4.69) is 22.8 Å². The van der Waals surface area contributed by atoms with E-state index in [1.54, 1.807) is 13.8 Å². The Labute approximate surface area is 186 Å². The van der Waals surface area contributed by atoms with Crippen molar-refractivity contribution in [1.29, 1.82) is 0 Å². The number of hydrogen-bond acceptors (Lipinski definition) is 5. The summed E-state index contributed by atoms with van der Waals surface area (Å²) >= 11 is 0. The van der Waals surface area contributed by atoms with Gasteiger partial charge in [-0.3, -0.25) is 4.79 Å². The van der Waals surface area contributed by atoms with Gasteiger partial charge < -0.3 is 25.6 Å². The van der Waals surface area contributed by atoms with Crippen LogP contribution < -0.4 is 10.6 Å². The number of aliphatic hydroxyl groups is 1. The largest absolute Gasteiger partial charge is 0.479 e. The molecule has 4 N–H and O–H groups in total. The highest BCUT2D eigenvalue weighted by atomic mass is 16.5. The van der Waals surface area contributed by atoms with E-state index in [1.807, 2.05) is 36.4 Å². The molecule has 8 heteroatoms. The molecule has 0 aliphatic heterocycles. The summed E-state index contributed by atoms with van der Waals surface area (Å²) in [6.45, 7) is 3.67. The molecule has 2 amide bonds. The fourth-order valence-electron chi connectivity index (χ4n) is 3.87. The molecule has 1 aliphatic rings. The Hall–Kier alpha value is -3.39. The zero-order chi connectivity index (χ0) is 23.3. The third-order valence-corrected chi connectivity index (χ3v) is 5.57. The summed E-state index contributed by atoms with van der Waals surface area (Å²) in [5, 5.41) is 23.1. The number of aliphatic hydroxyl groups excluding tert-OH is 1. The first-order valence-corrected chi connectivity index (χ1v) is 10.6. The minimum absolute atomic E-state index is 0.0259. The van der Waals surface area contributed by atoms with Crippen molar-refractivity contribution in [1.82, 2.24) is 10.6 Å². The van der Waals surface area contributed by atoms with Crippen LogP contribution in [0.1, 0.15) is 37.3 Å². The second-order valence-electron chi connectivity index (χ2n) is 8.13. The quantitative estimate of drug-likeness (QED) is 0.475. The Bertz CT molecular complexity index is 944. The van der Waals surface area contributed by atoms with Gasteiger partial charge in [0, 0.05) is 18.9 Å². The monoisotopic (exact) mass is 440 g/mol. The summed E-state index contributed by atoms with van der Waals surface area (Å²) in [4.78, 5) is 35.6. The first kappa shape index (κ1) is 23.3. The molecule has 2 aromatic carbocycles. The minimum atomic E-state index is -1.55. The Morgan fingerprint density at radius 2 is 1.56 bits per heavy atom. The Balaban J connectivity index is 1.58. The van der Waals surface area contributed by atoms with Gasteiger partial charge in [-0.1, -0.05) is 62.4 Å². The summed E-state index contributed by atoms with van der Waals surface area (Å²) in [5.41, 5.74) is 4.44. The first-order chi connectivity index (χ1) is 15.3. The number of amides is 2. The van der Waals surface area contributed by atoms with E-state index < -0.39 is 30.1 Å². The fraction of sp³-hybridized carbons (Fsp3) is 0.375. The molecule has 170 valence electrons. The predicted octanol–water partition coefficient (Wildman–Crippen LogP) is 2.50. The Morgan fingerprint density at radius 3 is 2.09 bits per heavy atom. The second kappa shape index (κ2) is 10.3. The standard InChI is InChI=1S/C24H28N2O6/c1-14(2)21(22(28)25-12-11-20(27)23(29)30)26-24(31)32-13-19-17-9-5-3-7-15(17)16-8-4-6-10-18(16)19/h3-10,14,19-21,27H,11-13H2,1-2H3,(H,25,28)(H,26,31)(H,29,30)/t20-,21?/m0/s1. The lowest BCUT2D eigenvalue weighted by Gasteiger charge is -2.22. The molecule has 32 heavy (non-hydrogen) atoms. The third-order valence-electron chi connectivity index (χ3n) is 5.57. The zero-order valence-electron chi connectivity index (χ0n) is 18.1. The molecule has 2 aromatic rings. The van der Waals surface area contributed by atoms with Gasteiger partial charge in [0.2, 0.25) is 5.91 Å². The number of hydrogen-bond donors (Lipinski definition) is 4. The van der Waals surface area contributed by atoms with Crippen molar-refractivity contribution >= 4 is 18.0 Å². The van der Waals surface area contributed by atoms with Gasteiger partial charge in [-0.15, -0.1) is 0 Å². The molecule has 0 radical (unpaired) electrons. The highest BCUT2D eigenvalue weighted by Gasteiger charge is 2.30. The maximum absolute atomic E-state index is 12.5. The van der Waals surface area contributed by atoms with Gasteiger partial charge in [-0.05, 0) is 28.2 Å². The number of carboxylic acids is 1. The second-order valence-corrected chi connectivity index (χ2v) is 8.13. The molecule has 0 aromatic heterocycles. The van der Waals surface area contributed by atoms with Crippen LogP contribution in [0.5, 0.6) is 0 Å². The van der Waals surface area contributed by atoms with Gasteiger partial charge in [-0.25, -0.2) is 9.59 Å². The number of nitrogens with one attached hydrogen (secondary N) is 2.